The zero-order valence-corrected chi connectivity index (χ0v) is 8.94. The summed E-state index contributed by atoms with van der Waals surface area (Å²) in [5.41, 5.74) is 2.27. The first-order valence-corrected chi connectivity index (χ1v) is 4.38. The van der Waals surface area contributed by atoms with E-state index in [0.29, 0.717) is 0 Å². The summed E-state index contributed by atoms with van der Waals surface area (Å²) in [5.74, 6) is 0. The van der Waals surface area contributed by atoms with E-state index < -0.39 is 0 Å². The lowest BCUT2D eigenvalue weighted by Crippen LogP contribution is -1.91. The minimum absolute atomic E-state index is 1.09. The molecule has 0 bridgehead atoms. The second-order valence-corrected chi connectivity index (χ2v) is 2.15. The van der Waals surface area contributed by atoms with E-state index in [2.05, 4.69) is 11.9 Å². The van der Waals surface area contributed by atoms with Crippen LogP contribution in [0.4, 0.5) is 0 Å². The second-order valence-electron chi connectivity index (χ2n) is 2.15. The Morgan fingerprint density at radius 3 is 2.08 bits per heavy atom. The van der Waals surface area contributed by atoms with Gasteiger partial charge in [0.1, 0.15) is 0 Å². The number of rotatable bonds is 3. The van der Waals surface area contributed by atoms with E-state index in [4.69, 9.17) is 0 Å². The molecule has 0 aliphatic carbocycles. The van der Waals surface area contributed by atoms with Gasteiger partial charge in [-0.3, -0.25) is 0 Å². The van der Waals surface area contributed by atoms with Crippen LogP contribution in [0.3, 0.4) is 0 Å². The summed E-state index contributed by atoms with van der Waals surface area (Å²) in [4.78, 5) is 0. The van der Waals surface area contributed by atoms with Crippen LogP contribution in [0.5, 0.6) is 0 Å². The molecule has 0 spiro atoms. The fourth-order valence-corrected chi connectivity index (χ4v) is 0.658. The van der Waals surface area contributed by atoms with Crippen LogP contribution in [-0.2, 0) is 0 Å². The van der Waals surface area contributed by atoms with Gasteiger partial charge in [-0.25, -0.2) is 0 Å². The predicted octanol–water partition coefficient (Wildman–Crippen LogP) is 3.27. The molecule has 1 heteroatoms. The molecule has 0 fully saturated rings. The standard InChI is InChI=1S/C9H15N.C2H6/c1-5-9(8(2)3)6-7-10-4;1-2/h5-7,10H,2H2,1,3-4H3;1-2H3/b7-6-,9-5+;. The molecule has 0 radical (unpaired) electrons. The molecule has 0 unspecified atom stereocenters. The van der Waals surface area contributed by atoms with Gasteiger partial charge >= 0.3 is 0 Å². The molecule has 0 rings (SSSR count). The van der Waals surface area contributed by atoms with Crippen LogP contribution in [0, 0.1) is 0 Å². The molecule has 0 aliphatic heterocycles. The van der Waals surface area contributed by atoms with Crippen molar-refractivity contribution in [3.05, 3.63) is 36.1 Å². The van der Waals surface area contributed by atoms with Crippen molar-refractivity contribution in [1.29, 1.82) is 0 Å². The van der Waals surface area contributed by atoms with Crippen molar-refractivity contribution < 1.29 is 0 Å². The van der Waals surface area contributed by atoms with Gasteiger partial charge in [0.25, 0.3) is 0 Å². The van der Waals surface area contributed by atoms with Gasteiger partial charge in [0.05, 0.1) is 0 Å². The molecule has 0 atom stereocenters. The summed E-state index contributed by atoms with van der Waals surface area (Å²) in [7, 11) is 1.88. The van der Waals surface area contributed by atoms with Crippen LogP contribution in [0.2, 0.25) is 0 Å². The quantitative estimate of drug-likeness (QED) is 0.636. The zero-order valence-electron chi connectivity index (χ0n) is 8.94. The van der Waals surface area contributed by atoms with Gasteiger partial charge in [-0.05, 0) is 31.7 Å². The highest BCUT2D eigenvalue weighted by molar-refractivity contribution is 5.35. The molecular formula is C11H21N. The molecule has 0 heterocycles. The van der Waals surface area contributed by atoms with Gasteiger partial charge < -0.3 is 5.32 Å². The van der Waals surface area contributed by atoms with Gasteiger partial charge in [-0.2, -0.15) is 0 Å². The maximum Gasteiger partial charge on any atom is 0.00277 e. The van der Waals surface area contributed by atoms with E-state index in [1.807, 2.05) is 53.1 Å². The molecule has 0 aromatic rings. The molecule has 0 aromatic carbocycles. The highest BCUT2D eigenvalue weighted by atomic mass is 14.8. The van der Waals surface area contributed by atoms with Crippen LogP contribution in [0.25, 0.3) is 0 Å². The summed E-state index contributed by atoms with van der Waals surface area (Å²) in [6.07, 6.45) is 5.93. The van der Waals surface area contributed by atoms with Gasteiger partial charge in [-0.15, -0.1) is 0 Å². The molecule has 1 nitrogen and oxygen atoms in total. The van der Waals surface area contributed by atoms with E-state index in [9.17, 15) is 0 Å². The topological polar surface area (TPSA) is 12.0 Å². The van der Waals surface area contributed by atoms with Crippen molar-refractivity contribution in [2.75, 3.05) is 7.05 Å². The Balaban J connectivity index is 0. The van der Waals surface area contributed by atoms with Crippen molar-refractivity contribution in [1.82, 2.24) is 5.32 Å². The molecule has 0 saturated carbocycles. The summed E-state index contributed by atoms with van der Waals surface area (Å²) in [5, 5.41) is 2.92. The van der Waals surface area contributed by atoms with Crippen LogP contribution in [-0.4, -0.2) is 7.05 Å². The summed E-state index contributed by atoms with van der Waals surface area (Å²) < 4.78 is 0. The van der Waals surface area contributed by atoms with Gasteiger partial charge in [0.15, 0.2) is 0 Å². The molecule has 0 amide bonds. The van der Waals surface area contributed by atoms with E-state index in [1.165, 1.54) is 5.57 Å². The Bertz CT molecular complexity index is 164. The van der Waals surface area contributed by atoms with Gasteiger partial charge in [0.2, 0.25) is 0 Å². The van der Waals surface area contributed by atoms with E-state index in [1.54, 1.807) is 0 Å². The summed E-state index contributed by atoms with van der Waals surface area (Å²) in [6.45, 7) is 11.8. The van der Waals surface area contributed by atoms with Crippen LogP contribution >= 0.6 is 0 Å². The minimum Gasteiger partial charge on any atom is -0.394 e. The highest BCUT2D eigenvalue weighted by Crippen LogP contribution is 2.06. The lowest BCUT2D eigenvalue weighted by molar-refractivity contribution is 1.10. The average molecular weight is 167 g/mol. The van der Waals surface area contributed by atoms with Crippen molar-refractivity contribution in [2.45, 2.75) is 27.7 Å². The maximum absolute atomic E-state index is 3.83. The van der Waals surface area contributed by atoms with E-state index in [-0.39, 0.29) is 0 Å². The van der Waals surface area contributed by atoms with Crippen LogP contribution in [0.15, 0.2) is 36.1 Å². The van der Waals surface area contributed by atoms with Crippen molar-refractivity contribution >= 4 is 0 Å². The predicted molar refractivity (Wildman–Crippen MR) is 58.1 cm³/mol. The zero-order chi connectivity index (χ0) is 9.98. The molecule has 0 aromatic heterocycles. The first-order chi connectivity index (χ1) is 5.72. The van der Waals surface area contributed by atoms with Crippen molar-refractivity contribution in [3.8, 4) is 0 Å². The Hall–Kier alpha value is -0.980. The van der Waals surface area contributed by atoms with Crippen molar-refractivity contribution in [2.24, 2.45) is 0 Å². The maximum atomic E-state index is 3.83. The van der Waals surface area contributed by atoms with Crippen molar-refractivity contribution in [3.63, 3.8) is 0 Å². The fraction of sp³-hybridized carbons (Fsp3) is 0.455. The van der Waals surface area contributed by atoms with Crippen LogP contribution in [0.1, 0.15) is 27.7 Å². The average Bonchev–Trinajstić information content (AvgIpc) is 2.09. The fourth-order valence-electron chi connectivity index (χ4n) is 0.658. The smallest absolute Gasteiger partial charge is 0.00277 e. The van der Waals surface area contributed by atoms with E-state index in [0.717, 1.165) is 5.57 Å². The third-order valence-corrected chi connectivity index (χ3v) is 1.23. The number of nitrogens with one attached hydrogen (secondary N) is 1. The SMILES string of the molecule is C=C(C)C(/C=C\NC)=C/C.CC. The van der Waals surface area contributed by atoms with Gasteiger partial charge in [-0.1, -0.05) is 32.1 Å². The Morgan fingerprint density at radius 1 is 1.33 bits per heavy atom. The first-order valence-electron chi connectivity index (χ1n) is 4.38. The molecule has 0 aliphatic rings. The Labute approximate surface area is 76.9 Å². The normalized spacial score (nSPS) is 10.6. The van der Waals surface area contributed by atoms with Crippen LogP contribution < -0.4 is 5.32 Å². The summed E-state index contributed by atoms with van der Waals surface area (Å²) in [6, 6.07) is 0. The molecule has 1 N–H and O–H groups in total. The third-order valence-electron chi connectivity index (χ3n) is 1.23. The number of hydrogen-bond donors (Lipinski definition) is 1. The Morgan fingerprint density at radius 2 is 1.83 bits per heavy atom. The molecule has 12 heavy (non-hydrogen) atoms. The largest absolute Gasteiger partial charge is 0.394 e. The lowest BCUT2D eigenvalue weighted by atomic mass is 10.1. The first kappa shape index (κ1) is 13.6. The third kappa shape index (κ3) is 7.13. The number of allylic oxidation sites excluding steroid dienone is 4. The summed E-state index contributed by atoms with van der Waals surface area (Å²) >= 11 is 0. The number of hydrogen-bond acceptors (Lipinski definition) is 1. The molecular weight excluding hydrogens is 146 g/mol. The second kappa shape index (κ2) is 10.0. The Kier molecular flexibility index (Phi) is 11.4. The monoisotopic (exact) mass is 167 g/mol. The molecule has 0 saturated heterocycles. The lowest BCUT2D eigenvalue weighted by Gasteiger charge is -1.97. The van der Waals surface area contributed by atoms with E-state index >= 15 is 0 Å². The molecule has 70 valence electrons. The van der Waals surface area contributed by atoms with Gasteiger partial charge in [0, 0.05) is 7.05 Å². The highest BCUT2D eigenvalue weighted by Gasteiger charge is 1.87. The minimum atomic E-state index is 1.09.